The van der Waals surface area contributed by atoms with Crippen LogP contribution >= 0.6 is 12.2 Å². The summed E-state index contributed by atoms with van der Waals surface area (Å²) in [5, 5.41) is 39.7. The molecule has 0 aliphatic rings. The van der Waals surface area contributed by atoms with Crippen LogP contribution < -0.4 is 10.3 Å². The van der Waals surface area contributed by atoms with Crippen LogP contribution in [0.4, 0.5) is 5.69 Å². The van der Waals surface area contributed by atoms with E-state index in [9.17, 15) is 24.8 Å². The smallest absolute Gasteiger partial charge is 0.315 e. The maximum Gasteiger partial charge on any atom is 0.315 e. The molecule has 3 N–H and O–H groups in total. The number of phenolic OH excluding ortho intramolecular Hbond substituents is 1. The van der Waals surface area contributed by atoms with Gasteiger partial charge in [0, 0.05) is 18.1 Å². The van der Waals surface area contributed by atoms with E-state index >= 15 is 0 Å². The predicted molar refractivity (Wildman–Crippen MR) is 98.6 cm³/mol. The molecule has 28 heavy (non-hydrogen) atoms. The highest BCUT2D eigenvalue weighted by atomic mass is 32.1. The molecule has 13 heteroatoms. The zero-order valence-electron chi connectivity index (χ0n) is 14.5. The zero-order chi connectivity index (χ0) is 20.8. The number of aromatic nitrogens is 3. The summed E-state index contributed by atoms with van der Waals surface area (Å²) in [6.07, 6.45) is 0.675. The number of nitro benzene ring substituents is 1. The van der Waals surface area contributed by atoms with E-state index in [-0.39, 0.29) is 41.2 Å². The van der Waals surface area contributed by atoms with Crippen molar-refractivity contribution in [2.24, 2.45) is 5.10 Å². The molecule has 1 aromatic heterocycles. The number of hydrogen-bond donors (Lipinski definition) is 3. The van der Waals surface area contributed by atoms with Crippen molar-refractivity contribution in [3.05, 3.63) is 48.6 Å². The molecule has 0 saturated heterocycles. The van der Waals surface area contributed by atoms with E-state index in [2.05, 4.69) is 15.3 Å². The third-order valence-corrected chi connectivity index (χ3v) is 3.65. The summed E-state index contributed by atoms with van der Waals surface area (Å²) < 4.78 is 5.79. The largest absolute Gasteiger partial charge is 0.500 e. The number of nitrogens with one attached hydrogen (secondary N) is 1. The van der Waals surface area contributed by atoms with Gasteiger partial charge in [0.25, 0.3) is 5.56 Å². The van der Waals surface area contributed by atoms with Gasteiger partial charge in [-0.1, -0.05) is 0 Å². The molecule has 2 rings (SSSR count). The Balaban J connectivity index is 2.47. The third kappa shape index (κ3) is 4.76. The number of rotatable bonds is 8. The zero-order valence-corrected chi connectivity index (χ0v) is 15.3. The number of carboxylic acids is 1. The van der Waals surface area contributed by atoms with Gasteiger partial charge in [-0.15, -0.1) is 0 Å². The normalized spacial score (nSPS) is 10.9. The van der Waals surface area contributed by atoms with Gasteiger partial charge in [0.05, 0.1) is 24.2 Å². The van der Waals surface area contributed by atoms with E-state index in [4.69, 9.17) is 22.1 Å². The first kappa shape index (κ1) is 20.7. The Labute approximate surface area is 161 Å². The van der Waals surface area contributed by atoms with Crippen molar-refractivity contribution in [3.8, 4) is 11.5 Å². The van der Waals surface area contributed by atoms with Gasteiger partial charge in [0.15, 0.2) is 5.75 Å². The van der Waals surface area contributed by atoms with Crippen LogP contribution in [0.3, 0.4) is 0 Å². The van der Waals surface area contributed by atoms with Crippen molar-refractivity contribution < 1.29 is 24.7 Å². The molecule has 0 atom stereocenters. The number of ether oxygens (including phenoxy) is 1. The number of aryl methyl sites for hydroxylation is 1. The van der Waals surface area contributed by atoms with Gasteiger partial charge in [-0.25, -0.2) is 0 Å². The van der Waals surface area contributed by atoms with Gasteiger partial charge < -0.3 is 14.9 Å². The third-order valence-electron chi connectivity index (χ3n) is 3.39. The fraction of sp³-hybridized carbons (Fsp3) is 0.267. The van der Waals surface area contributed by atoms with Crippen molar-refractivity contribution in [1.29, 1.82) is 0 Å². The lowest BCUT2D eigenvalue weighted by Crippen LogP contribution is -2.25. The van der Waals surface area contributed by atoms with E-state index in [0.29, 0.717) is 0 Å². The molecule has 0 unspecified atom stereocenters. The minimum atomic E-state index is -1.10. The fourth-order valence-corrected chi connectivity index (χ4v) is 2.31. The van der Waals surface area contributed by atoms with Gasteiger partial charge in [-0.05, 0) is 25.2 Å². The SMILES string of the molecule is CCOc1cc(/C=N\n2c(=S)[nH]nc(CCC(=O)O)c2=O)cc([N+](=O)[O-])c1O. The second-order valence-electron chi connectivity index (χ2n) is 5.31. The maximum atomic E-state index is 12.4. The molecule has 1 aromatic carbocycles. The molecule has 0 bridgehead atoms. The first-order chi connectivity index (χ1) is 13.2. The topological polar surface area (TPSA) is 173 Å². The summed E-state index contributed by atoms with van der Waals surface area (Å²) in [6.45, 7) is 1.80. The fourth-order valence-electron chi connectivity index (χ4n) is 2.14. The average Bonchev–Trinajstić information content (AvgIpc) is 2.63. The quantitative estimate of drug-likeness (QED) is 0.251. The molecule has 1 heterocycles. The van der Waals surface area contributed by atoms with Crippen molar-refractivity contribution >= 4 is 30.1 Å². The lowest BCUT2D eigenvalue weighted by Gasteiger charge is -2.07. The van der Waals surface area contributed by atoms with E-state index < -0.39 is 27.9 Å². The Kier molecular flexibility index (Phi) is 6.55. The van der Waals surface area contributed by atoms with E-state index in [0.717, 1.165) is 17.0 Å². The Morgan fingerprint density at radius 3 is 2.86 bits per heavy atom. The number of hydrogen-bond acceptors (Lipinski definition) is 9. The number of nitrogens with zero attached hydrogens (tertiary/aromatic N) is 4. The van der Waals surface area contributed by atoms with Crippen LogP contribution in [-0.4, -0.2) is 48.8 Å². The Hall–Kier alpha value is -3.61. The second-order valence-corrected chi connectivity index (χ2v) is 5.69. The number of nitro groups is 1. The Morgan fingerprint density at radius 1 is 1.54 bits per heavy atom. The second kappa shape index (κ2) is 8.85. The summed E-state index contributed by atoms with van der Waals surface area (Å²) in [5.74, 6) is -1.84. The molecular formula is C15H15N5O7S. The van der Waals surface area contributed by atoms with E-state index in [1.54, 1.807) is 6.92 Å². The van der Waals surface area contributed by atoms with Crippen molar-refractivity contribution in [1.82, 2.24) is 14.9 Å². The van der Waals surface area contributed by atoms with Gasteiger partial charge >= 0.3 is 11.7 Å². The summed E-state index contributed by atoms with van der Waals surface area (Å²) in [5.41, 5.74) is -1.24. The summed E-state index contributed by atoms with van der Waals surface area (Å²) in [4.78, 5) is 33.3. The highest BCUT2D eigenvalue weighted by molar-refractivity contribution is 7.71. The molecule has 0 radical (unpaired) electrons. The van der Waals surface area contributed by atoms with Gasteiger partial charge in [-0.3, -0.25) is 24.8 Å². The first-order valence-electron chi connectivity index (χ1n) is 7.85. The van der Waals surface area contributed by atoms with Crippen LogP contribution in [0.1, 0.15) is 24.6 Å². The van der Waals surface area contributed by atoms with E-state index in [1.165, 1.54) is 6.07 Å². The van der Waals surface area contributed by atoms with Crippen LogP contribution in [0.25, 0.3) is 0 Å². The van der Waals surface area contributed by atoms with Crippen molar-refractivity contribution in [3.63, 3.8) is 0 Å². The number of phenols is 1. The number of benzene rings is 1. The highest BCUT2D eigenvalue weighted by Gasteiger charge is 2.19. The van der Waals surface area contributed by atoms with Crippen molar-refractivity contribution in [2.75, 3.05) is 6.61 Å². The molecule has 0 fully saturated rings. The summed E-state index contributed by atoms with van der Waals surface area (Å²) in [6, 6.07) is 2.35. The lowest BCUT2D eigenvalue weighted by atomic mass is 10.2. The average molecular weight is 409 g/mol. The van der Waals surface area contributed by atoms with E-state index in [1.807, 2.05) is 0 Å². The molecular weight excluding hydrogens is 394 g/mol. The summed E-state index contributed by atoms with van der Waals surface area (Å²) in [7, 11) is 0. The van der Waals surface area contributed by atoms with Crippen LogP contribution in [0.5, 0.6) is 11.5 Å². The van der Waals surface area contributed by atoms with Gasteiger partial charge in [-0.2, -0.15) is 14.9 Å². The monoisotopic (exact) mass is 409 g/mol. The maximum absolute atomic E-state index is 12.4. The highest BCUT2D eigenvalue weighted by Crippen LogP contribution is 2.36. The number of aromatic hydroxyl groups is 1. The van der Waals surface area contributed by atoms with Crippen LogP contribution in [0, 0.1) is 14.9 Å². The van der Waals surface area contributed by atoms with Gasteiger partial charge in [0.1, 0.15) is 5.69 Å². The molecule has 0 spiro atoms. The van der Waals surface area contributed by atoms with Crippen LogP contribution in [0.15, 0.2) is 22.0 Å². The van der Waals surface area contributed by atoms with Crippen molar-refractivity contribution in [2.45, 2.75) is 19.8 Å². The molecule has 148 valence electrons. The molecule has 0 aliphatic heterocycles. The first-order valence-corrected chi connectivity index (χ1v) is 8.26. The minimum Gasteiger partial charge on any atom is -0.500 e. The van der Waals surface area contributed by atoms with Gasteiger partial charge in [0.2, 0.25) is 10.5 Å². The molecule has 0 amide bonds. The minimum absolute atomic E-state index is 0.0835. The Morgan fingerprint density at radius 2 is 2.25 bits per heavy atom. The number of carboxylic acid groups (broad SMARTS) is 1. The number of aliphatic carboxylic acids is 1. The number of carbonyl (C=O) groups is 1. The lowest BCUT2D eigenvalue weighted by molar-refractivity contribution is -0.386. The summed E-state index contributed by atoms with van der Waals surface area (Å²) >= 11 is 4.95. The molecule has 12 nitrogen and oxygen atoms in total. The standard InChI is InChI=1S/C15H15N5O7S/c1-2-27-11-6-8(5-10(13(11)23)20(25)26)7-16-19-14(24)9(3-4-12(21)22)17-18-15(19)28/h5-7,23H,2-4H2,1H3,(H,18,28)(H,21,22)/b16-7-. The molecule has 2 aromatic rings. The van der Waals surface area contributed by atoms with Crippen LogP contribution in [0.2, 0.25) is 0 Å². The Bertz CT molecular complexity index is 1060. The molecule has 0 saturated carbocycles. The predicted octanol–water partition coefficient (Wildman–Crippen LogP) is 1.21. The molecule has 0 aliphatic carbocycles. The van der Waals surface area contributed by atoms with Crippen LogP contribution in [-0.2, 0) is 11.2 Å². The number of aromatic amines is 1. The number of H-pyrrole nitrogens is 1.